The number of likely N-dealkylation sites (N-methyl/N-ethyl adjacent to an activating group) is 1. The first kappa shape index (κ1) is 20.1. The fourth-order valence-electron chi connectivity index (χ4n) is 2.49. The Hall–Kier alpha value is -2.18. The highest BCUT2D eigenvalue weighted by Crippen LogP contribution is 2.21. The zero-order valence-corrected chi connectivity index (χ0v) is 16.6. The highest BCUT2D eigenvalue weighted by Gasteiger charge is 2.14. The number of rotatable bonds is 7. The van der Waals surface area contributed by atoms with E-state index >= 15 is 0 Å². The van der Waals surface area contributed by atoms with E-state index in [0.29, 0.717) is 12.1 Å². The van der Waals surface area contributed by atoms with Gasteiger partial charge in [0.15, 0.2) is 0 Å². The molecule has 1 N–H and O–H groups in total. The third-order valence-corrected chi connectivity index (χ3v) is 4.46. The van der Waals surface area contributed by atoms with Crippen molar-refractivity contribution in [1.82, 2.24) is 10.2 Å². The molecule has 0 aliphatic carbocycles. The van der Waals surface area contributed by atoms with Crippen molar-refractivity contribution in [2.75, 3.05) is 27.7 Å². The van der Waals surface area contributed by atoms with E-state index in [1.165, 1.54) is 18.2 Å². The molecule has 2 rings (SSSR count). The van der Waals surface area contributed by atoms with E-state index in [9.17, 15) is 9.18 Å². The van der Waals surface area contributed by atoms with Crippen LogP contribution in [0.1, 0.15) is 17.2 Å². The minimum atomic E-state index is -0.373. The maximum atomic E-state index is 13.7. The molecule has 0 aromatic heterocycles. The highest BCUT2D eigenvalue weighted by molar-refractivity contribution is 9.10. The van der Waals surface area contributed by atoms with E-state index in [1.54, 1.807) is 19.2 Å². The average molecular weight is 421 g/mol. The first-order valence-corrected chi connectivity index (χ1v) is 8.91. The zero-order chi connectivity index (χ0) is 19.1. The second-order valence-corrected chi connectivity index (χ2v) is 6.91. The van der Waals surface area contributed by atoms with Crippen LogP contribution >= 0.6 is 15.9 Å². The predicted octanol–water partition coefficient (Wildman–Crippen LogP) is 4.03. The fraction of sp³-hybridized carbons (Fsp3) is 0.250. The first-order chi connectivity index (χ1) is 12.4. The van der Waals surface area contributed by atoms with Crippen molar-refractivity contribution >= 4 is 27.9 Å². The lowest BCUT2D eigenvalue weighted by molar-refractivity contribution is -0.116. The van der Waals surface area contributed by atoms with Gasteiger partial charge in [-0.15, -0.1) is 0 Å². The summed E-state index contributed by atoms with van der Waals surface area (Å²) >= 11 is 3.29. The van der Waals surface area contributed by atoms with Gasteiger partial charge in [-0.2, -0.15) is 0 Å². The van der Waals surface area contributed by atoms with Gasteiger partial charge >= 0.3 is 0 Å². The van der Waals surface area contributed by atoms with Gasteiger partial charge in [-0.3, -0.25) is 4.79 Å². The second-order valence-electron chi connectivity index (χ2n) is 6.00. The smallest absolute Gasteiger partial charge is 0.244 e. The van der Waals surface area contributed by atoms with E-state index < -0.39 is 0 Å². The van der Waals surface area contributed by atoms with Crippen LogP contribution in [0.5, 0.6) is 5.75 Å². The fourth-order valence-corrected chi connectivity index (χ4v) is 2.87. The summed E-state index contributed by atoms with van der Waals surface area (Å²) in [6.07, 6.45) is 2.80. The van der Waals surface area contributed by atoms with Crippen LogP contribution in [0.3, 0.4) is 0 Å². The molecule has 0 saturated heterocycles. The molecule has 26 heavy (non-hydrogen) atoms. The van der Waals surface area contributed by atoms with Crippen molar-refractivity contribution in [3.8, 4) is 5.75 Å². The van der Waals surface area contributed by atoms with Crippen LogP contribution < -0.4 is 10.1 Å². The number of carbonyl (C=O) groups is 1. The Kier molecular flexibility index (Phi) is 7.36. The van der Waals surface area contributed by atoms with E-state index in [0.717, 1.165) is 15.8 Å². The van der Waals surface area contributed by atoms with Crippen molar-refractivity contribution in [3.05, 3.63) is 70.0 Å². The molecule has 0 radical (unpaired) electrons. The van der Waals surface area contributed by atoms with E-state index in [1.807, 2.05) is 43.3 Å². The molecule has 0 aliphatic heterocycles. The Bertz CT molecular complexity index is 776. The van der Waals surface area contributed by atoms with Gasteiger partial charge in [0, 0.05) is 22.7 Å². The van der Waals surface area contributed by atoms with Crippen LogP contribution in [-0.2, 0) is 4.79 Å². The van der Waals surface area contributed by atoms with Gasteiger partial charge < -0.3 is 15.0 Å². The average Bonchev–Trinajstić information content (AvgIpc) is 2.63. The lowest BCUT2D eigenvalue weighted by atomic mass is 10.1. The number of nitrogens with zero attached hydrogens (tertiary/aromatic N) is 1. The van der Waals surface area contributed by atoms with E-state index in [2.05, 4.69) is 21.2 Å². The summed E-state index contributed by atoms with van der Waals surface area (Å²) in [7, 11) is 5.53. The van der Waals surface area contributed by atoms with Gasteiger partial charge in [-0.1, -0.05) is 28.1 Å². The molecular formula is C20H22BrFN2O2. The summed E-state index contributed by atoms with van der Waals surface area (Å²) < 4.78 is 19.6. The number of hydrogen-bond acceptors (Lipinski definition) is 3. The van der Waals surface area contributed by atoms with Crippen LogP contribution in [-0.4, -0.2) is 38.6 Å². The molecule has 0 bridgehead atoms. The van der Waals surface area contributed by atoms with Crippen LogP contribution in [0.25, 0.3) is 6.08 Å². The normalized spacial score (nSPS) is 12.4. The number of hydrogen-bond donors (Lipinski definition) is 1. The van der Waals surface area contributed by atoms with Crippen LogP contribution in [0, 0.1) is 5.82 Å². The van der Waals surface area contributed by atoms with E-state index in [4.69, 9.17) is 4.74 Å². The van der Waals surface area contributed by atoms with Gasteiger partial charge in [0.25, 0.3) is 0 Å². The Morgan fingerprint density at radius 2 is 1.96 bits per heavy atom. The maximum absolute atomic E-state index is 13.7. The molecule has 0 aliphatic rings. The molecule has 4 nitrogen and oxygen atoms in total. The number of amides is 1. The van der Waals surface area contributed by atoms with Crippen LogP contribution in [0.2, 0.25) is 0 Å². The molecule has 1 unspecified atom stereocenters. The summed E-state index contributed by atoms with van der Waals surface area (Å²) in [6.45, 7) is 0.434. The molecule has 138 valence electrons. The molecule has 0 fully saturated rings. The summed E-state index contributed by atoms with van der Waals surface area (Å²) in [4.78, 5) is 14.1. The Labute approximate surface area is 161 Å². The van der Waals surface area contributed by atoms with Crippen LogP contribution in [0.4, 0.5) is 4.39 Å². The van der Waals surface area contributed by atoms with Crippen LogP contribution in [0.15, 0.2) is 53.0 Å². The molecule has 1 atom stereocenters. The summed E-state index contributed by atoms with van der Waals surface area (Å²) in [5, 5.41) is 2.86. The number of halogens is 2. The molecule has 0 spiro atoms. The molecule has 1 amide bonds. The van der Waals surface area contributed by atoms with Gasteiger partial charge in [-0.05, 0) is 56.1 Å². The Morgan fingerprint density at radius 1 is 1.27 bits per heavy atom. The SMILES string of the molecule is COc1ccc(C(CNC(=O)/C=C/c2cc(Br)ccc2F)N(C)C)cc1. The van der Waals surface area contributed by atoms with Crippen molar-refractivity contribution in [2.45, 2.75) is 6.04 Å². The molecule has 2 aromatic carbocycles. The Balaban J connectivity index is 2.00. The number of ether oxygens (including phenoxy) is 1. The standard InChI is InChI=1S/C20H22BrFN2O2/c1-24(2)19(14-4-8-17(26-3)9-5-14)13-23-20(25)11-6-15-12-16(21)7-10-18(15)22/h4-12,19H,13H2,1-3H3,(H,23,25)/b11-6+. The molecule has 6 heteroatoms. The molecule has 0 heterocycles. The molecule has 0 saturated carbocycles. The van der Waals surface area contributed by atoms with E-state index in [-0.39, 0.29) is 17.8 Å². The van der Waals surface area contributed by atoms with Crippen molar-refractivity contribution in [2.24, 2.45) is 0 Å². The number of carbonyl (C=O) groups excluding carboxylic acids is 1. The number of methoxy groups -OCH3 is 1. The minimum absolute atomic E-state index is 0.0147. The third kappa shape index (κ3) is 5.68. The number of nitrogens with one attached hydrogen (secondary N) is 1. The van der Waals surface area contributed by atoms with Crippen molar-refractivity contribution in [1.29, 1.82) is 0 Å². The largest absolute Gasteiger partial charge is 0.497 e. The van der Waals surface area contributed by atoms with Gasteiger partial charge in [0.1, 0.15) is 11.6 Å². The maximum Gasteiger partial charge on any atom is 0.244 e. The monoisotopic (exact) mass is 420 g/mol. The second kappa shape index (κ2) is 9.50. The van der Waals surface area contributed by atoms with Crippen molar-refractivity contribution in [3.63, 3.8) is 0 Å². The highest BCUT2D eigenvalue weighted by atomic mass is 79.9. The zero-order valence-electron chi connectivity index (χ0n) is 15.0. The van der Waals surface area contributed by atoms with Gasteiger partial charge in [0.2, 0.25) is 5.91 Å². The first-order valence-electron chi connectivity index (χ1n) is 8.12. The lowest BCUT2D eigenvalue weighted by Gasteiger charge is -2.25. The minimum Gasteiger partial charge on any atom is -0.497 e. The third-order valence-electron chi connectivity index (χ3n) is 3.97. The van der Waals surface area contributed by atoms with Crippen molar-refractivity contribution < 1.29 is 13.9 Å². The van der Waals surface area contributed by atoms with Gasteiger partial charge in [0.05, 0.1) is 13.2 Å². The topological polar surface area (TPSA) is 41.6 Å². The lowest BCUT2D eigenvalue weighted by Crippen LogP contribution is -2.33. The quantitative estimate of drug-likeness (QED) is 0.687. The number of benzene rings is 2. The summed E-state index contributed by atoms with van der Waals surface area (Å²) in [5.74, 6) is 0.140. The summed E-state index contributed by atoms with van der Waals surface area (Å²) in [5.41, 5.74) is 1.42. The molecule has 2 aromatic rings. The summed E-state index contributed by atoms with van der Waals surface area (Å²) in [6, 6.07) is 12.3. The Morgan fingerprint density at radius 3 is 2.58 bits per heavy atom. The predicted molar refractivity (Wildman–Crippen MR) is 106 cm³/mol. The molecular weight excluding hydrogens is 399 g/mol. The van der Waals surface area contributed by atoms with Gasteiger partial charge in [-0.25, -0.2) is 4.39 Å².